The van der Waals surface area contributed by atoms with Crippen molar-refractivity contribution in [3.63, 3.8) is 0 Å². The third-order valence-electron chi connectivity index (χ3n) is 3.08. The smallest absolute Gasteiger partial charge is 0.341 e. The first-order chi connectivity index (χ1) is 11.5. The van der Waals surface area contributed by atoms with Gasteiger partial charge in [-0.1, -0.05) is 0 Å². The average Bonchev–Trinajstić information content (AvgIpc) is 2.61. The van der Waals surface area contributed by atoms with Crippen LogP contribution in [0.25, 0.3) is 0 Å². The highest BCUT2D eigenvalue weighted by atomic mass is 16.6. The zero-order chi connectivity index (χ0) is 17.7. The van der Waals surface area contributed by atoms with E-state index in [-0.39, 0.29) is 17.0 Å². The molecule has 0 heterocycles. The van der Waals surface area contributed by atoms with E-state index in [9.17, 15) is 19.7 Å². The van der Waals surface area contributed by atoms with E-state index >= 15 is 0 Å². The van der Waals surface area contributed by atoms with Crippen LogP contribution in [0.2, 0.25) is 0 Å². The number of nitrogens with zero attached hydrogens (tertiary/aromatic N) is 1. The lowest BCUT2D eigenvalue weighted by molar-refractivity contribution is -0.384. The Bertz CT molecular complexity index is 784. The zero-order valence-corrected chi connectivity index (χ0v) is 12.8. The molecule has 0 saturated carbocycles. The van der Waals surface area contributed by atoms with E-state index in [1.165, 1.54) is 43.5 Å². The van der Waals surface area contributed by atoms with Crippen LogP contribution in [-0.2, 0) is 9.47 Å². The lowest BCUT2D eigenvalue weighted by Crippen LogP contribution is -2.05. The van der Waals surface area contributed by atoms with Gasteiger partial charge in [0.1, 0.15) is 17.1 Å². The number of nitro groups is 1. The Morgan fingerprint density at radius 1 is 0.958 bits per heavy atom. The molecule has 2 aromatic carbocycles. The summed E-state index contributed by atoms with van der Waals surface area (Å²) in [4.78, 5) is 33.4. The van der Waals surface area contributed by atoms with Crippen molar-refractivity contribution in [2.24, 2.45) is 0 Å². The van der Waals surface area contributed by atoms with Crippen LogP contribution in [0.3, 0.4) is 0 Å². The molecule has 0 aliphatic rings. The molecule has 0 N–H and O–H groups in total. The molecule has 0 fully saturated rings. The lowest BCUT2D eigenvalue weighted by Gasteiger charge is -2.10. The molecule has 0 amide bonds. The van der Waals surface area contributed by atoms with Gasteiger partial charge in [0, 0.05) is 12.1 Å². The van der Waals surface area contributed by atoms with Gasteiger partial charge >= 0.3 is 11.9 Å². The number of ether oxygens (including phenoxy) is 3. The van der Waals surface area contributed by atoms with E-state index in [1.807, 2.05) is 0 Å². The molecule has 0 radical (unpaired) electrons. The summed E-state index contributed by atoms with van der Waals surface area (Å²) in [6.45, 7) is 0. The topological polar surface area (TPSA) is 105 Å². The monoisotopic (exact) mass is 331 g/mol. The predicted octanol–water partition coefficient (Wildman–Crippen LogP) is 2.96. The first-order valence-electron chi connectivity index (χ1n) is 6.69. The number of methoxy groups -OCH3 is 2. The Morgan fingerprint density at radius 2 is 1.58 bits per heavy atom. The summed E-state index contributed by atoms with van der Waals surface area (Å²) in [5.41, 5.74) is -0.00530. The average molecular weight is 331 g/mol. The van der Waals surface area contributed by atoms with Crippen LogP contribution in [-0.4, -0.2) is 31.1 Å². The summed E-state index contributed by atoms with van der Waals surface area (Å²) < 4.78 is 14.8. The molecule has 0 atom stereocenters. The fourth-order valence-corrected chi connectivity index (χ4v) is 1.89. The van der Waals surface area contributed by atoms with Crippen LogP contribution in [0.1, 0.15) is 20.7 Å². The number of hydrogen-bond donors (Lipinski definition) is 0. The second-order valence-corrected chi connectivity index (χ2v) is 4.55. The molecular weight excluding hydrogens is 318 g/mol. The molecule has 24 heavy (non-hydrogen) atoms. The van der Waals surface area contributed by atoms with E-state index < -0.39 is 16.9 Å². The molecule has 0 spiro atoms. The summed E-state index contributed by atoms with van der Waals surface area (Å²) in [5.74, 6) is -0.827. The molecule has 8 nitrogen and oxygen atoms in total. The molecule has 0 aromatic heterocycles. The van der Waals surface area contributed by atoms with E-state index in [1.54, 1.807) is 0 Å². The number of carbonyl (C=O) groups is 2. The first kappa shape index (κ1) is 16.9. The number of hydrogen-bond acceptors (Lipinski definition) is 7. The molecule has 0 bridgehead atoms. The number of rotatable bonds is 5. The van der Waals surface area contributed by atoms with E-state index in [0.717, 1.165) is 13.2 Å². The maximum atomic E-state index is 11.8. The maximum Gasteiger partial charge on any atom is 0.341 e. The second-order valence-electron chi connectivity index (χ2n) is 4.55. The minimum Gasteiger partial charge on any atom is -0.465 e. The van der Waals surface area contributed by atoms with Gasteiger partial charge in [-0.25, -0.2) is 9.59 Å². The standard InChI is InChI=1S/C16H13NO7/c1-22-15(18)10-3-6-12(7-4-10)24-14-8-5-11(17(20)21)9-13(14)16(19)23-2/h3-9H,1-2H3. The fraction of sp³-hybridized carbons (Fsp3) is 0.125. The number of non-ortho nitro benzene ring substituents is 1. The van der Waals surface area contributed by atoms with E-state index in [2.05, 4.69) is 9.47 Å². The molecule has 2 aromatic rings. The third-order valence-corrected chi connectivity index (χ3v) is 3.08. The molecule has 0 saturated heterocycles. The van der Waals surface area contributed by atoms with Crippen molar-refractivity contribution >= 4 is 17.6 Å². The van der Waals surface area contributed by atoms with Crippen molar-refractivity contribution in [1.82, 2.24) is 0 Å². The highest BCUT2D eigenvalue weighted by molar-refractivity contribution is 5.93. The highest BCUT2D eigenvalue weighted by Crippen LogP contribution is 2.29. The van der Waals surface area contributed by atoms with Gasteiger partial charge in [-0.2, -0.15) is 0 Å². The summed E-state index contributed by atoms with van der Waals surface area (Å²) in [7, 11) is 2.43. The molecule has 0 aliphatic carbocycles. The van der Waals surface area contributed by atoms with Crippen molar-refractivity contribution < 1.29 is 28.7 Å². The Morgan fingerprint density at radius 3 is 2.12 bits per heavy atom. The fourth-order valence-electron chi connectivity index (χ4n) is 1.89. The largest absolute Gasteiger partial charge is 0.465 e. The summed E-state index contributed by atoms with van der Waals surface area (Å²) in [6, 6.07) is 9.59. The van der Waals surface area contributed by atoms with Crippen molar-refractivity contribution in [3.8, 4) is 11.5 Å². The Balaban J connectivity index is 2.33. The quantitative estimate of drug-likeness (QED) is 0.471. The zero-order valence-electron chi connectivity index (χ0n) is 12.8. The van der Waals surface area contributed by atoms with Gasteiger partial charge in [0.25, 0.3) is 5.69 Å². The summed E-state index contributed by atoms with van der Waals surface area (Å²) >= 11 is 0. The minimum absolute atomic E-state index is 0.0799. The van der Waals surface area contributed by atoms with Crippen molar-refractivity contribution in [2.45, 2.75) is 0 Å². The van der Waals surface area contributed by atoms with Gasteiger partial charge in [0.2, 0.25) is 0 Å². The third kappa shape index (κ3) is 3.67. The first-order valence-corrected chi connectivity index (χ1v) is 6.69. The minimum atomic E-state index is -0.764. The SMILES string of the molecule is COC(=O)c1ccc(Oc2ccc([N+](=O)[O-])cc2C(=O)OC)cc1. The second kappa shape index (κ2) is 7.23. The van der Waals surface area contributed by atoms with Crippen LogP contribution in [0.5, 0.6) is 11.5 Å². The van der Waals surface area contributed by atoms with Gasteiger partial charge in [-0.3, -0.25) is 10.1 Å². The molecular formula is C16H13NO7. The van der Waals surface area contributed by atoms with Gasteiger partial charge in [0.15, 0.2) is 0 Å². The Labute approximate surface area is 136 Å². The lowest BCUT2D eigenvalue weighted by atomic mass is 10.1. The van der Waals surface area contributed by atoms with Crippen molar-refractivity contribution in [2.75, 3.05) is 14.2 Å². The molecule has 2 rings (SSSR count). The number of esters is 2. The Hall–Kier alpha value is -3.42. The van der Waals surface area contributed by atoms with Crippen LogP contribution in [0.4, 0.5) is 5.69 Å². The van der Waals surface area contributed by atoms with Gasteiger partial charge < -0.3 is 14.2 Å². The summed E-state index contributed by atoms with van der Waals surface area (Å²) in [5, 5.41) is 10.8. The normalized spacial score (nSPS) is 9.92. The maximum absolute atomic E-state index is 11.8. The Kier molecular flexibility index (Phi) is 5.10. The number of nitro benzene ring substituents is 1. The number of carbonyl (C=O) groups excluding carboxylic acids is 2. The predicted molar refractivity (Wildman–Crippen MR) is 82.3 cm³/mol. The summed E-state index contributed by atoms with van der Waals surface area (Å²) in [6.07, 6.45) is 0. The molecule has 0 aliphatic heterocycles. The van der Waals surface area contributed by atoms with Crippen LogP contribution in [0.15, 0.2) is 42.5 Å². The van der Waals surface area contributed by atoms with Crippen molar-refractivity contribution in [1.29, 1.82) is 0 Å². The molecule has 124 valence electrons. The van der Waals surface area contributed by atoms with Crippen molar-refractivity contribution in [3.05, 3.63) is 63.7 Å². The van der Waals surface area contributed by atoms with E-state index in [4.69, 9.17) is 4.74 Å². The highest BCUT2D eigenvalue weighted by Gasteiger charge is 2.19. The molecule has 0 unspecified atom stereocenters. The van der Waals surface area contributed by atoms with Crippen LogP contribution in [0, 0.1) is 10.1 Å². The van der Waals surface area contributed by atoms with Gasteiger partial charge in [0.05, 0.1) is 24.7 Å². The van der Waals surface area contributed by atoms with Crippen LogP contribution < -0.4 is 4.74 Å². The van der Waals surface area contributed by atoms with E-state index in [0.29, 0.717) is 11.3 Å². The molecule has 8 heteroatoms. The van der Waals surface area contributed by atoms with Gasteiger partial charge in [-0.15, -0.1) is 0 Å². The number of benzene rings is 2. The van der Waals surface area contributed by atoms with Crippen LogP contribution >= 0.6 is 0 Å². The van der Waals surface area contributed by atoms with Gasteiger partial charge in [-0.05, 0) is 30.3 Å².